The van der Waals surface area contributed by atoms with Crippen molar-refractivity contribution in [2.45, 2.75) is 44.6 Å². The lowest BCUT2D eigenvalue weighted by atomic mass is 10.1. The second-order valence-corrected chi connectivity index (χ2v) is 5.16. The van der Waals surface area contributed by atoms with Gasteiger partial charge in [-0.15, -0.1) is 0 Å². The molecule has 82 valence electrons. The number of rotatable bonds is 4. The van der Waals surface area contributed by atoms with E-state index in [4.69, 9.17) is 0 Å². The van der Waals surface area contributed by atoms with Gasteiger partial charge in [0.05, 0.1) is 0 Å². The van der Waals surface area contributed by atoms with Crippen molar-refractivity contribution in [3.63, 3.8) is 0 Å². The summed E-state index contributed by atoms with van der Waals surface area (Å²) in [6, 6.07) is 0.779. The van der Waals surface area contributed by atoms with E-state index in [1.807, 2.05) is 0 Å². The monoisotopic (exact) mass is 196 g/mol. The van der Waals surface area contributed by atoms with Crippen LogP contribution in [0.3, 0.4) is 0 Å². The van der Waals surface area contributed by atoms with E-state index >= 15 is 0 Å². The average molecular weight is 196 g/mol. The molecule has 0 unspecified atom stereocenters. The topological polar surface area (TPSA) is 15.3 Å². The van der Waals surface area contributed by atoms with Gasteiger partial charge in [0.1, 0.15) is 0 Å². The molecular formula is C12H24N2. The third-order valence-corrected chi connectivity index (χ3v) is 3.74. The maximum atomic E-state index is 3.57. The van der Waals surface area contributed by atoms with Crippen molar-refractivity contribution in [3.8, 4) is 0 Å². The second kappa shape index (κ2) is 5.13. The van der Waals surface area contributed by atoms with Gasteiger partial charge >= 0.3 is 0 Å². The van der Waals surface area contributed by atoms with Crippen LogP contribution in [0.1, 0.15) is 38.5 Å². The van der Waals surface area contributed by atoms with Crippen molar-refractivity contribution in [1.82, 2.24) is 10.2 Å². The van der Waals surface area contributed by atoms with Gasteiger partial charge in [-0.05, 0) is 45.2 Å². The van der Waals surface area contributed by atoms with Crippen molar-refractivity contribution in [2.24, 2.45) is 5.92 Å². The Kier molecular flexibility index (Phi) is 3.82. The molecule has 1 saturated heterocycles. The molecular weight excluding hydrogens is 172 g/mol. The van der Waals surface area contributed by atoms with Crippen LogP contribution in [0.15, 0.2) is 0 Å². The Morgan fingerprint density at radius 3 is 2.50 bits per heavy atom. The normalized spacial score (nSPS) is 29.1. The van der Waals surface area contributed by atoms with Crippen molar-refractivity contribution >= 4 is 0 Å². The van der Waals surface area contributed by atoms with Crippen molar-refractivity contribution in [2.75, 3.05) is 26.7 Å². The number of nitrogens with zero attached hydrogens (tertiary/aromatic N) is 1. The van der Waals surface area contributed by atoms with E-state index in [1.165, 1.54) is 58.2 Å². The second-order valence-electron chi connectivity index (χ2n) is 5.16. The molecule has 1 N–H and O–H groups in total. The molecule has 2 fully saturated rings. The number of likely N-dealkylation sites (N-methyl/N-ethyl adjacent to an activating group) is 1. The van der Waals surface area contributed by atoms with Gasteiger partial charge < -0.3 is 10.2 Å². The quantitative estimate of drug-likeness (QED) is 0.738. The van der Waals surface area contributed by atoms with Crippen LogP contribution < -0.4 is 5.32 Å². The third-order valence-electron chi connectivity index (χ3n) is 3.74. The average Bonchev–Trinajstić information content (AvgIpc) is 2.76. The van der Waals surface area contributed by atoms with E-state index in [0.717, 1.165) is 12.0 Å². The summed E-state index contributed by atoms with van der Waals surface area (Å²) < 4.78 is 0. The minimum atomic E-state index is 0.779. The van der Waals surface area contributed by atoms with Crippen molar-refractivity contribution < 1.29 is 0 Å². The zero-order valence-corrected chi connectivity index (χ0v) is 9.47. The highest BCUT2D eigenvalue weighted by molar-refractivity contribution is 4.78. The molecule has 1 heterocycles. The van der Waals surface area contributed by atoms with E-state index < -0.39 is 0 Å². The van der Waals surface area contributed by atoms with Crippen LogP contribution in [0.5, 0.6) is 0 Å². The smallest absolute Gasteiger partial charge is 0.0195 e. The van der Waals surface area contributed by atoms with E-state index in [1.54, 1.807) is 0 Å². The predicted octanol–water partition coefficient (Wildman–Crippen LogP) is 1.86. The Morgan fingerprint density at radius 2 is 1.86 bits per heavy atom. The first-order valence-corrected chi connectivity index (χ1v) is 6.26. The number of hydrogen-bond acceptors (Lipinski definition) is 2. The van der Waals surface area contributed by atoms with Gasteiger partial charge in [0.15, 0.2) is 0 Å². The predicted molar refractivity (Wildman–Crippen MR) is 60.5 cm³/mol. The van der Waals surface area contributed by atoms with E-state index in [0.29, 0.717) is 0 Å². The summed E-state index contributed by atoms with van der Waals surface area (Å²) in [6.07, 6.45) is 8.65. The van der Waals surface area contributed by atoms with Gasteiger partial charge in [-0.2, -0.15) is 0 Å². The Hall–Kier alpha value is -0.0800. The Balaban J connectivity index is 1.64. The first-order chi connectivity index (χ1) is 6.84. The molecule has 0 bridgehead atoms. The summed E-state index contributed by atoms with van der Waals surface area (Å²) in [5, 5.41) is 3.57. The fourth-order valence-electron chi connectivity index (χ4n) is 3.00. The van der Waals surface area contributed by atoms with Crippen LogP contribution in [0.25, 0.3) is 0 Å². The SMILES string of the molecule is CN(CC1CCCC1)C[C@@H]1CCCN1. The summed E-state index contributed by atoms with van der Waals surface area (Å²) in [7, 11) is 2.29. The number of nitrogens with one attached hydrogen (secondary N) is 1. The van der Waals surface area contributed by atoms with E-state index in [2.05, 4.69) is 17.3 Å². The first kappa shape index (κ1) is 10.4. The van der Waals surface area contributed by atoms with Gasteiger partial charge in [-0.1, -0.05) is 12.8 Å². The fourth-order valence-corrected chi connectivity index (χ4v) is 3.00. The molecule has 0 aromatic carbocycles. The number of hydrogen-bond donors (Lipinski definition) is 1. The lowest BCUT2D eigenvalue weighted by Gasteiger charge is -2.23. The Bertz CT molecular complexity index is 140. The van der Waals surface area contributed by atoms with Crippen molar-refractivity contribution in [3.05, 3.63) is 0 Å². The molecule has 14 heavy (non-hydrogen) atoms. The van der Waals surface area contributed by atoms with Crippen LogP contribution in [-0.4, -0.2) is 37.6 Å². The molecule has 1 aliphatic heterocycles. The summed E-state index contributed by atoms with van der Waals surface area (Å²) in [5.41, 5.74) is 0. The van der Waals surface area contributed by atoms with Crippen LogP contribution >= 0.6 is 0 Å². The molecule has 2 nitrogen and oxygen atoms in total. The highest BCUT2D eigenvalue weighted by Gasteiger charge is 2.20. The maximum absolute atomic E-state index is 3.57. The van der Waals surface area contributed by atoms with Crippen LogP contribution in [0.2, 0.25) is 0 Å². The van der Waals surface area contributed by atoms with Crippen LogP contribution in [0.4, 0.5) is 0 Å². The standard InChI is InChI=1S/C12H24N2/c1-14(9-11-5-2-3-6-11)10-12-7-4-8-13-12/h11-13H,2-10H2,1H3/t12-/m0/s1. The van der Waals surface area contributed by atoms with E-state index in [9.17, 15) is 0 Å². The first-order valence-electron chi connectivity index (χ1n) is 6.26. The lowest BCUT2D eigenvalue weighted by molar-refractivity contribution is 0.256. The molecule has 2 rings (SSSR count). The molecule has 1 saturated carbocycles. The zero-order valence-electron chi connectivity index (χ0n) is 9.47. The minimum Gasteiger partial charge on any atom is -0.313 e. The zero-order chi connectivity index (χ0) is 9.80. The van der Waals surface area contributed by atoms with E-state index in [-0.39, 0.29) is 0 Å². The molecule has 0 radical (unpaired) electrons. The highest BCUT2D eigenvalue weighted by Crippen LogP contribution is 2.25. The summed E-state index contributed by atoms with van der Waals surface area (Å²) in [5.74, 6) is 1.00. The van der Waals surface area contributed by atoms with Gasteiger partial charge in [-0.3, -0.25) is 0 Å². The van der Waals surface area contributed by atoms with Gasteiger partial charge in [-0.25, -0.2) is 0 Å². The molecule has 1 aliphatic carbocycles. The van der Waals surface area contributed by atoms with Gasteiger partial charge in [0, 0.05) is 19.1 Å². The summed E-state index contributed by atoms with van der Waals surface area (Å²) in [4.78, 5) is 2.54. The highest BCUT2D eigenvalue weighted by atomic mass is 15.1. The Labute approximate surface area is 88.1 Å². The molecule has 0 spiro atoms. The van der Waals surface area contributed by atoms with Gasteiger partial charge in [0.2, 0.25) is 0 Å². The van der Waals surface area contributed by atoms with Gasteiger partial charge in [0.25, 0.3) is 0 Å². The fraction of sp³-hybridized carbons (Fsp3) is 1.00. The van der Waals surface area contributed by atoms with Crippen molar-refractivity contribution in [1.29, 1.82) is 0 Å². The molecule has 2 heteroatoms. The maximum Gasteiger partial charge on any atom is 0.0195 e. The lowest BCUT2D eigenvalue weighted by Crippen LogP contribution is -2.37. The van der Waals surface area contributed by atoms with Crippen LogP contribution in [0, 0.1) is 5.92 Å². The molecule has 2 aliphatic rings. The largest absolute Gasteiger partial charge is 0.313 e. The molecule has 0 amide bonds. The molecule has 0 aromatic rings. The minimum absolute atomic E-state index is 0.779. The molecule has 1 atom stereocenters. The molecule has 0 aromatic heterocycles. The summed E-state index contributed by atoms with van der Waals surface area (Å²) in [6.45, 7) is 3.83. The summed E-state index contributed by atoms with van der Waals surface area (Å²) >= 11 is 0. The van der Waals surface area contributed by atoms with Crippen LogP contribution in [-0.2, 0) is 0 Å². The third kappa shape index (κ3) is 2.96. The Morgan fingerprint density at radius 1 is 1.07 bits per heavy atom.